The molecule has 0 aliphatic heterocycles. The van der Waals surface area contributed by atoms with Crippen molar-refractivity contribution >= 4 is 24.8 Å². The van der Waals surface area contributed by atoms with E-state index in [1.54, 1.807) is 36.4 Å². The Morgan fingerprint density at radius 2 is 0.794 bits per heavy atom. The number of aromatic carboxylic acids is 2. The second-order valence-electron chi connectivity index (χ2n) is 7.65. The SMILES string of the molecule is O=C(O)c1ccc(-c2cc(-c3ccc(C(=O)O)cc3)cc(-c3ccc(P(=O)(O)O)cc3)c2)cc1. The average molecular weight is 474 g/mol. The average Bonchev–Trinajstić information content (AvgIpc) is 2.83. The Hall–Kier alpha value is -4.03. The van der Waals surface area contributed by atoms with Crippen molar-refractivity contribution in [3.63, 3.8) is 0 Å². The Kier molecular flexibility index (Phi) is 6.18. The second-order valence-corrected chi connectivity index (χ2v) is 9.26. The summed E-state index contributed by atoms with van der Waals surface area (Å²) in [5, 5.41) is 18.3. The molecule has 170 valence electrons. The molecule has 0 aliphatic rings. The molecule has 0 fully saturated rings. The van der Waals surface area contributed by atoms with Crippen molar-refractivity contribution in [2.24, 2.45) is 0 Å². The Morgan fingerprint density at radius 1 is 0.500 bits per heavy atom. The Morgan fingerprint density at radius 3 is 1.06 bits per heavy atom. The van der Waals surface area contributed by atoms with Crippen LogP contribution in [0.2, 0.25) is 0 Å². The van der Waals surface area contributed by atoms with Crippen LogP contribution in [0.4, 0.5) is 0 Å². The molecule has 4 rings (SSSR count). The first kappa shape index (κ1) is 23.1. The van der Waals surface area contributed by atoms with Crippen molar-refractivity contribution in [1.29, 1.82) is 0 Å². The molecule has 0 saturated heterocycles. The third-order valence-corrected chi connectivity index (χ3v) is 6.37. The van der Waals surface area contributed by atoms with E-state index in [0.717, 1.165) is 33.4 Å². The summed E-state index contributed by atoms with van der Waals surface area (Å²) in [5.74, 6) is -2.05. The van der Waals surface area contributed by atoms with E-state index in [4.69, 9.17) is 0 Å². The summed E-state index contributed by atoms with van der Waals surface area (Å²) in [7, 11) is -4.37. The van der Waals surface area contributed by atoms with Crippen LogP contribution in [0, 0.1) is 0 Å². The van der Waals surface area contributed by atoms with Gasteiger partial charge < -0.3 is 20.0 Å². The highest BCUT2D eigenvalue weighted by Gasteiger charge is 2.17. The van der Waals surface area contributed by atoms with E-state index < -0.39 is 19.5 Å². The first-order valence-electron chi connectivity index (χ1n) is 10.1. The maximum atomic E-state index is 11.5. The lowest BCUT2D eigenvalue weighted by Gasteiger charge is -2.12. The summed E-state index contributed by atoms with van der Waals surface area (Å²) in [6.07, 6.45) is 0. The van der Waals surface area contributed by atoms with Crippen LogP contribution in [0.5, 0.6) is 0 Å². The molecule has 4 N–H and O–H groups in total. The van der Waals surface area contributed by atoms with Crippen LogP contribution in [0.1, 0.15) is 20.7 Å². The van der Waals surface area contributed by atoms with Crippen molar-refractivity contribution in [3.8, 4) is 33.4 Å². The van der Waals surface area contributed by atoms with E-state index in [2.05, 4.69) is 0 Å². The Bertz CT molecular complexity index is 1340. The quantitative estimate of drug-likeness (QED) is 0.293. The molecule has 0 amide bonds. The van der Waals surface area contributed by atoms with Crippen molar-refractivity contribution in [2.45, 2.75) is 0 Å². The van der Waals surface area contributed by atoms with Gasteiger partial charge in [-0.3, -0.25) is 4.57 Å². The number of carboxylic acid groups (broad SMARTS) is 2. The first-order valence-corrected chi connectivity index (χ1v) is 11.7. The maximum Gasteiger partial charge on any atom is 0.356 e. The topological polar surface area (TPSA) is 132 Å². The zero-order valence-electron chi connectivity index (χ0n) is 17.6. The zero-order chi connectivity index (χ0) is 24.5. The zero-order valence-corrected chi connectivity index (χ0v) is 18.5. The molecule has 7 nitrogen and oxygen atoms in total. The Labute approximate surface area is 194 Å². The lowest BCUT2D eigenvalue weighted by molar-refractivity contribution is 0.0686. The molecule has 0 aliphatic carbocycles. The molecule has 0 spiro atoms. The normalized spacial score (nSPS) is 11.2. The third kappa shape index (κ3) is 4.97. The van der Waals surface area contributed by atoms with Gasteiger partial charge >= 0.3 is 19.5 Å². The van der Waals surface area contributed by atoms with Crippen molar-refractivity contribution in [2.75, 3.05) is 0 Å². The third-order valence-electron chi connectivity index (χ3n) is 5.40. The first-order chi connectivity index (χ1) is 16.1. The minimum Gasteiger partial charge on any atom is -0.478 e. The molecular weight excluding hydrogens is 455 g/mol. The fourth-order valence-electron chi connectivity index (χ4n) is 3.59. The van der Waals surface area contributed by atoms with E-state index in [-0.39, 0.29) is 16.4 Å². The fourth-order valence-corrected chi connectivity index (χ4v) is 4.12. The van der Waals surface area contributed by atoms with Gasteiger partial charge in [0.1, 0.15) is 0 Å². The highest BCUT2D eigenvalue weighted by molar-refractivity contribution is 7.60. The lowest BCUT2D eigenvalue weighted by atomic mass is 9.93. The highest BCUT2D eigenvalue weighted by atomic mass is 31.2. The molecule has 4 aromatic carbocycles. The van der Waals surface area contributed by atoms with Gasteiger partial charge in [0.2, 0.25) is 0 Å². The summed E-state index contributed by atoms with van der Waals surface area (Å²) in [6, 6.07) is 24.6. The summed E-state index contributed by atoms with van der Waals surface area (Å²) in [6.45, 7) is 0. The van der Waals surface area contributed by atoms with Gasteiger partial charge in [0, 0.05) is 0 Å². The van der Waals surface area contributed by atoms with Gasteiger partial charge in [-0.05, 0) is 88.0 Å². The van der Waals surface area contributed by atoms with Crippen LogP contribution in [0.15, 0.2) is 91.0 Å². The van der Waals surface area contributed by atoms with Gasteiger partial charge in [0.15, 0.2) is 0 Å². The van der Waals surface area contributed by atoms with Gasteiger partial charge in [-0.1, -0.05) is 36.4 Å². The van der Waals surface area contributed by atoms with Crippen LogP contribution in [-0.2, 0) is 4.57 Å². The number of benzene rings is 4. The molecule has 8 heteroatoms. The molecule has 0 saturated carbocycles. The summed E-state index contributed by atoms with van der Waals surface area (Å²) in [5.41, 5.74) is 4.98. The van der Waals surface area contributed by atoms with Gasteiger partial charge in [-0.2, -0.15) is 0 Å². The summed E-state index contributed by atoms with van der Waals surface area (Å²) >= 11 is 0. The molecule has 34 heavy (non-hydrogen) atoms. The van der Waals surface area contributed by atoms with E-state index in [1.807, 2.05) is 18.2 Å². The number of carboxylic acids is 2. The van der Waals surface area contributed by atoms with Crippen LogP contribution >= 0.6 is 7.60 Å². The number of rotatable bonds is 6. The fraction of sp³-hybridized carbons (Fsp3) is 0. The standard InChI is InChI=1S/C26H19O7P/c27-25(28)19-5-1-16(2-6-19)21-13-22(17-3-7-20(8-4-17)26(29)30)15-23(14-21)18-9-11-24(12-10-18)34(31,32)33/h1-15H,(H,27,28)(H,29,30)(H2,31,32,33). The molecule has 0 unspecified atom stereocenters. The molecule has 0 aromatic heterocycles. The molecule has 0 heterocycles. The van der Waals surface area contributed by atoms with Crippen molar-refractivity contribution < 1.29 is 34.2 Å². The number of hydrogen-bond acceptors (Lipinski definition) is 3. The maximum absolute atomic E-state index is 11.5. The van der Waals surface area contributed by atoms with Crippen LogP contribution in [0.3, 0.4) is 0 Å². The molecule has 4 aromatic rings. The lowest BCUT2D eigenvalue weighted by Crippen LogP contribution is -2.02. The second kappa shape index (κ2) is 9.08. The highest BCUT2D eigenvalue weighted by Crippen LogP contribution is 2.36. The smallest absolute Gasteiger partial charge is 0.356 e. The van der Waals surface area contributed by atoms with E-state index in [9.17, 15) is 34.2 Å². The van der Waals surface area contributed by atoms with Gasteiger partial charge in [-0.15, -0.1) is 0 Å². The number of hydrogen-bond donors (Lipinski definition) is 4. The molecule has 0 radical (unpaired) electrons. The monoisotopic (exact) mass is 474 g/mol. The molecular formula is C26H19O7P. The Balaban J connectivity index is 1.84. The van der Waals surface area contributed by atoms with E-state index in [0.29, 0.717) is 0 Å². The van der Waals surface area contributed by atoms with Crippen molar-refractivity contribution in [1.82, 2.24) is 0 Å². The molecule has 0 atom stereocenters. The minimum absolute atomic E-state index is 0.0823. The summed E-state index contributed by atoms with van der Waals surface area (Å²) < 4.78 is 11.5. The van der Waals surface area contributed by atoms with Crippen LogP contribution in [0.25, 0.3) is 33.4 Å². The van der Waals surface area contributed by atoms with E-state index in [1.165, 1.54) is 36.4 Å². The van der Waals surface area contributed by atoms with Crippen LogP contribution in [-0.4, -0.2) is 31.9 Å². The largest absolute Gasteiger partial charge is 0.478 e. The molecule has 0 bridgehead atoms. The number of carbonyl (C=O) groups is 2. The van der Waals surface area contributed by atoms with Gasteiger partial charge in [-0.25, -0.2) is 9.59 Å². The predicted molar refractivity (Wildman–Crippen MR) is 128 cm³/mol. The van der Waals surface area contributed by atoms with Crippen molar-refractivity contribution in [3.05, 3.63) is 102 Å². The predicted octanol–water partition coefficient (Wildman–Crippen LogP) is 4.89. The van der Waals surface area contributed by atoms with E-state index >= 15 is 0 Å². The van der Waals surface area contributed by atoms with Gasteiger partial charge in [0.25, 0.3) is 0 Å². The minimum atomic E-state index is -4.37. The van der Waals surface area contributed by atoms with Gasteiger partial charge in [0.05, 0.1) is 16.4 Å². The van der Waals surface area contributed by atoms with Crippen LogP contribution < -0.4 is 5.30 Å². The summed E-state index contributed by atoms with van der Waals surface area (Å²) in [4.78, 5) is 41.2.